The van der Waals surface area contributed by atoms with Gasteiger partial charge in [0, 0.05) is 0 Å². The SMILES string of the molecule is COC(=N)CC(O)C(=N)OC. The van der Waals surface area contributed by atoms with Gasteiger partial charge in [0.1, 0.15) is 6.10 Å². The van der Waals surface area contributed by atoms with Gasteiger partial charge in [-0.15, -0.1) is 0 Å². The maximum Gasteiger partial charge on any atom is 0.210 e. The van der Waals surface area contributed by atoms with Gasteiger partial charge in [-0.05, 0) is 0 Å². The van der Waals surface area contributed by atoms with Crippen LogP contribution in [-0.2, 0) is 9.47 Å². The first-order chi connectivity index (χ1) is 5.11. The summed E-state index contributed by atoms with van der Waals surface area (Å²) < 4.78 is 8.93. The molecule has 11 heavy (non-hydrogen) atoms. The van der Waals surface area contributed by atoms with Crippen molar-refractivity contribution in [2.24, 2.45) is 0 Å². The van der Waals surface area contributed by atoms with E-state index in [1.54, 1.807) is 0 Å². The molecule has 0 fully saturated rings. The van der Waals surface area contributed by atoms with Gasteiger partial charge in [-0.2, -0.15) is 0 Å². The summed E-state index contributed by atoms with van der Waals surface area (Å²) in [5.41, 5.74) is 0. The topological polar surface area (TPSA) is 86.4 Å². The second kappa shape index (κ2) is 4.68. The summed E-state index contributed by atoms with van der Waals surface area (Å²) in [6, 6.07) is 0. The normalized spacial score (nSPS) is 11.9. The Kier molecular flexibility index (Phi) is 4.21. The third kappa shape index (κ3) is 3.57. The van der Waals surface area contributed by atoms with E-state index in [1.165, 1.54) is 14.2 Å². The van der Waals surface area contributed by atoms with Gasteiger partial charge in [-0.1, -0.05) is 0 Å². The van der Waals surface area contributed by atoms with Gasteiger partial charge in [0.15, 0.2) is 5.90 Å². The smallest absolute Gasteiger partial charge is 0.210 e. The molecule has 64 valence electrons. The fourth-order valence-corrected chi connectivity index (χ4v) is 0.488. The number of hydrogen-bond donors (Lipinski definition) is 3. The average molecular weight is 160 g/mol. The summed E-state index contributed by atoms with van der Waals surface area (Å²) in [5.74, 6) is -0.328. The highest BCUT2D eigenvalue weighted by molar-refractivity contribution is 5.84. The molecule has 5 heteroatoms. The predicted octanol–water partition coefficient (Wildman–Crippen LogP) is -0.0153. The zero-order chi connectivity index (χ0) is 8.85. The molecule has 0 rings (SSSR count). The summed E-state index contributed by atoms with van der Waals surface area (Å²) in [4.78, 5) is 0. The maximum atomic E-state index is 9.05. The van der Waals surface area contributed by atoms with Crippen LogP contribution in [0, 0.1) is 10.8 Å². The van der Waals surface area contributed by atoms with Crippen LogP contribution in [0.4, 0.5) is 0 Å². The molecule has 0 aromatic heterocycles. The van der Waals surface area contributed by atoms with E-state index in [9.17, 15) is 0 Å². The number of ether oxygens (including phenoxy) is 2. The minimum absolute atomic E-state index is 0.0246. The molecule has 1 unspecified atom stereocenters. The number of methoxy groups -OCH3 is 2. The van der Waals surface area contributed by atoms with Crippen molar-refractivity contribution in [1.29, 1.82) is 10.8 Å². The minimum Gasteiger partial charge on any atom is -0.484 e. The monoisotopic (exact) mass is 160 g/mol. The Hall–Kier alpha value is -1.10. The first kappa shape index (κ1) is 9.90. The van der Waals surface area contributed by atoms with Gasteiger partial charge in [0.2, 0.25) is 5.90 Å². The first-order valence-electron chi connectivity index (χ1n) is 3.03. The molecule has 0 bridgehead atoms. The van der Waals surface area contributed by atoms with Crippen LogP contribution in [0.3, 0.4) is 0 Å². The third-order valence-corrected chi connectivity index (χ3v) is 1.15. The lowest BCUT2D eigenvalue weighted by Gasteiger charge is -2.09. The van der Waals surface area contributed by atoms with Gasteiger partial charge in [0.05, 0.1) is 20.6 Å². The van der Waals surface area contributed by atoms with Crippen molar-refractivity contribution < 1.29 is 14.6 Å². The zero-order valence-electron chi connectivity index (χ0n) is 6.55. The van der Waals surface area contributed by atoms with Crippen molar-refractivity contribution in [1.82, 2.24) is 0 Å². The van der Waals surface area contributed by atoms with E-state index < -0.39 is 6.10 Å². The highest BCUT2D eigenvalue weighted by Gasteiger charge is 2.13. The quantitative estimate of drug-likeness (QED) is 0.400. The fourth-order valence-electron chi connectivity index (χ4n) is 0.488. The van der Waals surface area contributed by atoms with Crippen LogP contribution in [0.1, 0.15) is 6.42 Å². The highest BCUT2D eigenvalue weighted by Crippen LogP contribution is 1.96. The molecule has 0 saturated heterocycles. The molecule has 0 saturated carbocycles. The molecule has 0 spiro atoms. The maximum absolute atomic E-state index is 9.05. The zero-order valence-corrected chi connectivity index (χ0v) is 6.55. The number of aliphatic hydroxyl groups excluding tert-OH is 1. The lowest BCUT2D eigenvalue weighted by Crippen LogP contribution is -2.24. The van der Waals surface area contributed by atoms with Crippen LogP contribution < -0.4 is 0 Å². The van der Waals surface area contributed by atoms with Crippen LogP contribution >= 0.6 is 0 Å². The summed E-state index contributed by atoms with van der Waals surface area (Å²) in [6.45, 7) is 0. The van der Waals surface area contributed by atoms with Gasteiger partial charge >= 0.3 is 0 Å². The van der Waals surface area contributed by atoms with Crippen molar-refractivity contribution in [2.45, 2.75) is 12.5 Å². The van der Waals surface area contributed by atoms with Crippen molar-refractivity contribution in [3.63, 3.8) is 0 Å². The molecule has 3 N–H and O–H groups in total. The predicted molar refractivity (Wildman–Crippen MR) is 40.1 cm³/mol. The summed E-state index contributed by atoms with van der Waals surface area (Å²) in [5, 5.41) is 23.0. The first-order valence-corrected chi connectivity index (χ1v) is 3.03. The molecule has 1 atom stereocenters. The van der Waals surface area contributed by atoms with E-state index in [2.05, 4.69) is 9.47 Å². The van der Waals surface area contributed by atoms with E-state index in [1.807, 2.05) is 0 Å². The van der Waals surface area contributed by atoms with E-state index in [0.29, 0.717) is 0 Å². The molecule has 0 aliphatic rings. The molecule has 0 aromatic carbocycles. The van der Waals surface area contributed by atoms with Crippen molar-refractivity contribution in [3.8, 4) is 0 Å². The Balaban J connectivity index is 3.77. The Labute approximate surface area is 65.0 Å². The highest BCUT2D eigenvalue weighted by atomic mass is 16.5. The lowest BCUT2D eigenvalue weighted by molar-refractivity contribution is 0.199. The number of rotatable bonds is 3. The Morgan fingerprint density at radius 1 is 1.36 bits per heavy atom. The molecule has 0 aliphatic carbocycles. The molecule has 0 heterocycles. The molecule has 0 amide bonds. The fraction of sp³-hybridized carbons (Fsp3) is 0.667. The van der Waals surface area contributed by atoms with Crippen molar-refractivity contribution in [2.75, 3.05) is 14.2 Å². The van der Waals surface area contributed by atoms with Crippen LogP contribution in [0.25, 0.3) is 0 Å². The summed E-state index contributed by atoms with van der Waals surface area (Å²) >= 11 is 0. The number of aliphatic hydroxyl groups is 1. The lowest BCUT2D eigenvalue weighted by atomic mass is 10.2. The number of nitrogens with one attached hydrogen (secondary N) is 2. The third-order valence-electron chi connectivity index (χ3n) is 1.15. The van der Waals surface area contributed by atoms with Crippen LogP contribution in [0.5, 0.6) is 0 Å². The van der Waals surface area contributed by atoms with E-state index in [-0.39, 0.29) is 18.2 Å². The Bertz CT molecular complexity index is 158. The van der Waals surface area contributed by atoms with Crippen molar-refractivity contribution in [3.05, 3.63) is 0 Å². The second-order valence-electron chi connectivity index (χ2n) is 1.92. The van der Waals surface area contributed by atoms with Crippen LogP contribution in [0.15, 0.2) is 0 Å². The molecule has 0 radical (unpaired) electrons. The summed E-state index contributed by atoms with van der Waals surface area (Å²) in [6.07, 6.45) is -1.10. The Morgan fingerprint density at radius 3 is 2.27 bits per heavy atom. The standard InChI is InChI=1S/C6H12N2O3/c1-10-5(7)3-4(9)6(8)11-2/h4,7-9H,3H2,1-2H3. The van der Waals surface area contributed by atoms with Gasteiger partial charge in [0.25, 0.3) is 0 Å². The number of hydrogen-bond acceptors (Lipinski definition) is 5. The molecule has 5 nitrogen and oxygen atoms in total. The van der Waals surface area contributed by atoms with E-state index in [0.717, 1.165) is 0 Å². The average Bonchev–Trinajstić information content (AvgIpc) is 2.02. The summed E-state index contributed by atoms with van der Waals surface area (Å²) in [7, 11) is 2.63. The molecular formula is C6H12N2O3. The van der Waals surface area contributed by atoms with Crippen LogP contribution in [-0.4, -0.2) is 37.2 Å². The van der Waals surface area contributed by atoms with Gasteiger partial charge in [-0.3, -0.25) is 10.8 Å². The minimum atomic E-state index is -1.08. The largest absolute Gasteiger partial charge is 0.484 e. The van der Waals surface area contributed by atoms with Crippen LogP contribution in [0.2, 0.25) is 0 Å². The second-order valence-corrected chi connectivity index (χ2v) is 1.92. The van der Waals surface area contributed by atoms with E-state index in [4.69, 9.17) is 15.9 Å². The van der Waals surface area contributed by atoms with E-state index >= 15 is 0 Å². The van der Waals surface area contributed by atoms with Crippen molar-refractivity contribution >= 4 is 11.8 Å². The van der Waals surface area contributed by atoms with Gasteiger partial charge < -0.3 is 14.6 Å². The van der Waals surface area contributed by atoms with Gasteiger partial charge in [-0.25, -0.2) is 0 Å². The molecule has 0 aliphatic heterocycles. The Morgan fingerprint density at radius 2 is 1.91 bits per heavy atom. The molecule has 0 aromatic rings. The molecular weight excluding hydrogens is 148 g/mol.